The monoisotopic (exact) mass is 358 g/mol. The molecule has 0 aliphatic carbocycles. The fraction of sp³-hybridized carbons (Fsp3) is 0.235. The van der Waals surface area contributed by atoms with Crippen molar-refractivity contribution < 1.29 is 4.39 Å². The van der Waals surface area contributed by atoms with Gasteiger partial charge in [-0.2, -0.15) is 0 Å². The second kappa shape index (κ2) is 8.48. The molecular weight excluding hydrogens is 339 g/mol. The summed E-state index contributed by atoms with van der Waals surface area (Å²) in [5.74, 6) is 2.02. The van der Waals surface area contributed by atoms with Crippen molar-refractivity contribution in [3.8, 4) is 0 Å². The lowest BCUT2D eigenvalue weighted by Crippen LogP contribution is -2.38. The van der Waals surface area contributed by atoms with Gasteiger partial charge in [-0.05, 0) is 24.3 Å². The number of nitrogens with one attached hydrogen (secondary N) is 2. The summed E-state index contributed by atoms with van der Waals surface area (Å²) in [5.41, 5.74) is 0.809. The lowest BCUT2D eigenvalue weighted by atomic mass is 10.3. The number of nitrogens with zero attached hydrogens (tertiary/aromatic N) is 4. The number of aliphatic imine (C=N–C) groups is 1. The molecule has 1 aromatic carbocycles. The van der Waals surface area contributed by atoms with Crippen LogP contribution >= 0.6 is 11.8 Å². The molecular formula is C17H19FN6S. The van der Waals surface area contributed by atoms with Gasteiger partial charge in [-0.3, -0.25) is 9.39 Å². The van der Waals surface area contributed by atoms with Crippen molar-refractivity contribution in [2.75, 3.05) is 19.3 Å². The second-order valence-corrected chi connectivity index (χ2v) is 6.31. The smallest absolute Gasteiger partial charge is 0.191 e. The quantitative estimate of drug-likeness (QED) is 0.306. The maximum atomic E-state index is 13.6. The number of hydrogen-bond acceptors (Lipinski definition) is 4. The average Bonchev–Trinajstić information content (AvgIpc) is 3.06. The standard InChI is InChI=1S/C17H19FN6S/c1-19-17(20-9-11-25-14-7-3-2-6-13(14)18)21-12-16-23-22-15-8-4-5-10-24(15)16/h2-8,10H,9,11-12H2,1H3,(H2,19,20,21). The third-order valence-electron chi connectivity index (χ3n) is 3.51. The van der Waals surface area contributed by atoms with Crippen molar-refractivity contribution in [3.05, 3.63) is 60.3 Å². The van der Waals surface area contributed by atoms with E-state index in [4.69, 9.17) is 0 Å². The minimum atomic E-state index is -0.186. The summed E-state index contributed by atoms with van der Waals surface area (Å²) in [6, 6.07) is 12.5. The molecule has 2 heterocycles. The van der Waals surface area contributed by atoms with Crippen LogP contribution in [0.3, 0.4) is 0 Å². The Bertz CT molecular complexity index is 863. The topological polar surface area (TPSA) is 66.6 Å². The number of hydrogen-bond donors (Lipinski definition) is 2. The van der Waals surface area contributed by atoms with Crippen molar-refractivity contribution in [1.29, 1.82) is 0 Å². The van der Waals surface area contributed by atoms with Crippen molar-refractivity contribution in [2.24, 2.45) is 4.99 Å². The van der Waals surface area contributed by atoms with Gasteiger partial charge in [-0.1, -0.05) is 18.2 Å². The zero-order valence-corrected chi connectivity index (χ0v) is 14.6. The second-order valence-electron chi connectivity index (χ2n) is 5.18. The molecule has 6 nitrogen and oxygen atoms in total. The van der Waals surface area contributed by atoms with E-state index in [2.05, 4.69) is 25.8 Å². The van der Waals surface area contributed by atoms with Gasteiger partial charge >= 0.3 is 0 Å². The highest BCUT2D eigenvalue weighted by Crippen LogP contribution is 2.20. The van der Waals surface area contributed by atoms with Gasteiger partial charge in [0.25, 0.3) is 0 Å². The molecule has 0 saturated heterocycles. The third-order valence-corrected chi connectivity index (χ3v) is 4.56. The van der Waals surface area contributed by atoms with Gasteiger partial charge in [0.15, 0.2) is 17.4 Å². The number of rotatable bonds is 6. The van der Waals surface area contributed by atoms with E-state index in [1.165, 1.54) is 17.8 Å². The largest absolute Gasteiger partial charge is 0.356 e. The SMILES string of the molecule is CN=C(NCCSc1ccccc1F)NCc1nnc2ccccn12. The van der Waals surface area contributed by atoms with E-state index in [0.717, 1.165) is 17.2 Å². The summed E-state index contributed by atoms with van der Waals surface area (Å²) in [5, 5.41) is 14.7. The summed E-state index contributed by atoms with van der Waals surface area (Å²) in [4.78, 5) is 4.84. The number of halogens is 1. The summed E-state index contributed by atoms with van der Waals surface area (Å²) in [7, 11) is 1.71. The zero-order valence-electron chi connectivity index (χ0n) is 13.8. The van der Waals surface area contributed by atoms with Gasteiger partial charge in [0.05, 0.1) is 6.54 Å². The van der Waals surface area contributed by atoms with E-state index in [1.807, 2.05) is 34.9 Å². The van der Waals surface area contributed by atoms with Gasteiger partial charge in [0.2, 0.25) is 0 Å². The molecule has 0 aliphatic rings. The first-order valence-electron chi connectivity index (χ1n) is 7.88. The highest BCUT2D eigenvalue weighted by atomic mass is 32.2. The number of guanidine groups is 1. The minimum absolute atomic E-state index is 0.186. The van der Waals surface area contributed by atoms with E-state index in [9.17, 15) is 4.39 Å². The number of aromatic nitrogens is 3. The van der Waals surface area contributed by atoms with E-state index in [-0.39, 0.29) is 5.82 Å². The number of thioether (sulfide) groups is 1. The van der Waals surface area contributed by atoms with Gasteiger partial charge in [-0.15, -0.1) is 22.0 Å². The fourth-order valence-corrected chi connectivity index (χ4v) is 3.09. The molecule has 2 N–H and O–H groups in total. The van der Waals surface area contributed by atoms with Crippen LogP contribution in [0.15, 0.2) is 58.5 Å². The molecule has 2 aromatic heterocycles. The molecule has 3 rings (SSSR count). The highest BCUT2D eigenvalue weighted by molar-refractivity contribution is 7.99. The Kier molecular flexibility index (Phi) is 5.84. The summed E-state index contributed by atoms with van der Waals surface area (Å²) < 4.78 is 15.5. The molecule has 0 bridgehead atoms. The molecule has 3 aromatic rings. The van der Waals surface area contributed by atoms with Crippen LogP contribution in [-0.4, -0.2) is 39.9 Å². The van der Waals surface area contributed by atoms with Crippen molar-refractivity contribution in [2.45, 2.75) is 11.4 Å². The Hall–Kier alpha value is -2.61. The summed E-state index contributed by atoms with van der Waals surface area (Å²) >= 11 is 1.47. The Balaban J connectivity index is 1.46. The number of pyridine rings is 1. The van der Waals surface area contributed by atoms with Crippen LogP contribution in [0.1, 0.15) is 5.82 Å². The van der Waals surface area contributed by atoms with Crippen LogP contribution in [0, 0.1) is 5.82 Å². The first-order valence-corrected chi connectivity index (χ1v) is 8.87. The molecule has 0 amide bonds. The van der Waals surface area contributed by atoms with Crippen LogP contribution in [0.5, 0.6) is 0 Å². The molecule has 25 heavy (non-hydrogen) atoms. The van der Waals surface area contributed by atoms with Crippen LogP contribution in [0.2, 0.25) is 0 Å². The third kappa shape index (κ3) is 4.48. The normalized spacial score (nSPS) is 11.7. The van der Waals surface area contributed by atoms with Gasteiger partial charge in [-0.25, -0.2) is 4.39 Å². The number of benzene rings is 1. The van der Waals surface area contributed by atoms with Gasteiger partial charge in [0, 0.05) is 30.4 Å². The maximum absolute atomic E-state index is 13.6. The lowest BCUT2D eigenvalue weighted by Gasteiger charge is -2.11. The van der Waals surface area contributed by atoms with Crippen molar-refractivity contribution in [3.63, 3.8) is 0 Å². The van der Waals surface area contributed by atoms with E-state index in [0.29, 0.717) is 23.9 Å². The van der Waals surface area contributed by atoms with Gasteiger partial charge < -0.3 is 10.6 Å². The zero-order chi connectivity index (χ0) is 17.5. The summed E-state index contributed by atoms with van der Waals surface area (Å²) in [6.45, 7) is 1.17. The summed E-state index contributed by atoms with van der Waals surface area (Å²) in [6.07, 6.45) is 1.92. The Morgan fingerprint density at radius 1 is 1.16 bits per heavy atom. The molecule has 0 atom stereocenters. The fourth-order valence-electron chi connectivity index (χ4n) is 2.29. The van der Waals surface area contributed by atoms with E-state index in [1.54, 1.807) is 19.2 Å². The molecule has 130 valence electrons. The van der Waals surface area contributed by atoms with Crippen molar-refractivity contribution in [1.82, 2.24) is 25.2 Å². The first kappa shape index (κ1) is 17.2. The van der Waals surface area contributed by atoms with Crippen LogP contribution in [-0.2, 0) is 6.54 Å². The lowest BCUT2D eigenvalue weighted by molar-refractivity contribution is 0.602. The Morgan fingerprint density at radius 2 is 2.00 bits per heavy atom. The highest BCUT2D eigenvalue weighted by Gasteiger charge is 2.06. The minimum Gasteiger partial charge on any atom is -0.356 e. The van der Waals surface area contributed by atoms with Crippen LogP contribution in [0.25, 0.3) is 5.65 Å². The van der Waals surface area contributed by atoms with E-state index >= 15 is 0 Å². The predicted octanol–water partition coefficient (Wildman–Crippen LogP) is 2.33. The Labute approximate surface area is 149 Å². The van der Waals surface area contributed by atoms with E-state index < -0.39 is 0 Å². The molecule has 0 spiro atoms. The molecule has 0 aliphatic heterocycles. The maximum Gasteiger partial charge on any atom is 0.191 e. The first-order chi connectivity index (χ1) is 12.3. The van der Waals surface area contributed by atoms with Gasteiger partial charge in [0.1, 0.15) is 5.82 Å². The van der Waals surface area contributed by atoms with Crippen LogP contribution < -0.4 is 10.6 Å². The van der Waals surface area contributed by atoms with Crippen molar-refractivity contribution >= 4 is 23.4 Å². The number of fused-ring (bicyclic) bond motifs is 1. The predicted molar refractivity (Wildman–Crippen MR) is 98.3 cm³/mol. The molecule has 0 radical (unpaired) electrons. The average molecular weight is 358 g/mol. The Morgan fingerprint density at radius 3 is 2.84 bits per heavy atom. The van der Waals surface area contributed by atoms with Crippen LogP contribution in [0.4, 0.5) is 4.39 Å². The molecule has 0 fully saturated rings. The molecule has 0 unspecified atom stereocenters. The molecule has 0 saturated carbocycles. The molecule has 8 heteroatoms.